The van der Waals surface area contributed by atoms with E-state index in [2.05, 4.69) is 0 Å². The minimum Gasteiger partial charge on any atom is -0.497 e. The van der Waals surface area contributed by atoms with E-state index in [0.29, 0.717) is 12.2 Å². The quantitative estimate of drug-likeness (QED) is 0.162. The van der Waals surface area contributed by atoms with E-state index >= 15 is 0 Å². The van der Waals surface area contributed by atoms with Gasteiger partial charge < -0.3 is 28.4 Å². The Morgan fingerprint density at radius 3 is 2.11 bits per heavy atom. The molecule has 2 aromatic rings. The average molecular weight is 618 g/mol. The molecule has 0 aliphatic carbocycles. The smallest absolute Gasteiger partial charge is 0.419 e. The summed E-state index contributed by atoms with van der Waals surface area (Å²) in [5.74, 6) is -2.54. The fraction of sp³-hybridized carbons (Fsp3) is 0.484. The van der Waals surface area contributed by atoms with Crippen LogP contribution in [0.4, 0.5) is 4.79 Å². The molecule has 0 aliphatic rings. The molecule has 0 spiro atoms. The van der Waals surface area contributed by atoms with Gasteiger partial charge in [-0.15, -0.1) is 0 Å². The maximum absolute atomic E-state index is 12.7. The number of benzene rings is 2. The van der Waals surface area contributed by atoms with Gasteiger partial charge in [0.25, 0.3) is 0 Å². The number of rotatable bonds is 15. The van der Waals surface area contributed by atoms with Gasteiger partial charge in [0.15, 0.2) is 6.10 Å². The molecule has 0 saturated carbocycles. The highest BCUT2D eigenvalue weighted by molar-refractivity contribution is 5.91. The SMILES string of the molecule is COc1ccc2cccc(CCN(C(C)=O)C(=O)OCOC(=O)CCC(C)(C)C(=O)OC(COC(C)=O)COC(C)=O)c2c1. The number of methoxy groups -OCH3 is 1. The molecule has 0 bridgehead atoms. The molecule has 2 amide bonds. The van der Waals surface area contributed by atoms with Gasteiger partial charge >= 0.3 is 30.0 Å². The summed E-state index contributed by atoms with van der Waals surface area (Å²) in [6, 6.07) is 11.4. The van der Waals surface area contributed by atoms with Crippen LogP contribution in [0.25, 0.3) is 10.8 Å². The zero-order valence-electron chi connectivity index (χ0n) is 25.8. The number of amides is 2. The summed E-state index contributed by atoms with van der Waals surface area (Å²) in [5, 5.41) is 1.90. The highest BCUT2D eigenvalue weighted by Gasteiger charge is 2.33. The van der Waals surface area contributed by atoms with E-state index in [4.69, 9.17) is 28.4 Å². The number of nitrogens with zero attached hydrogens (tertiary/aromatic N) is 1. The van der Waals surface area contributed by atoms with Crippen molar-refractivity contribution >= 4 is 46.7 Å². The fourth-order valence-electron chi connectivity index (χ4n) is 3.93. The minimum absolute atomic E-state index is 0.00184. The monoisotopic (exact) mass is 617 g/mol. The number of imide groups is 1. The van der Waals surface area contributed by atoms with E-state index in [1.165, 1.54) is 34.6 Å². The van der Waals surface area contributed by atoms with Crippen molar-refractivity contribution in [2.24, 2.45) is 5.41 Å². The molecule has 0 heterocycles. The predicted molar refractivity (Wildman–Crippen MR) is 155 cm³/mol. The molecule has 0 aromatic heterocycles. The van der Waals surface area contributed by atoms with Crippen molar-refractivity contribution in [1.29, 1.82) is 0 Å². The lowest BCUT2D eigenvalue weighted by Gasteiger charge is -2.25. The van der Waals surface area contributed by atoms with Gasteiger partial charge in [-0.1, -0.05) is 24.3 Å². The van der Waals surface area contributed by atoms with Crippen molar-refractivity contribution in [2.45, 2.75) is 60.0 Å². The highest BCUT2D eigenvalue weighted by atomic mass is 16.7. The van der Waals surface area contributed by atoms with Gasteiger partial charge in [-0.3, -0.25) is 24.0 Å². The molecule has 0 fully saturated rings. The lowest BCUT2D eigenvalue weighted by molar-refractivity contribution is -0.173. The molecule has 0 radical (unpaired) electrons. The number of fused-ring (bicyclic) bond motifs is 1. The zero-order valence-corrected chi connectivity index (χ0v) is 25.8. The van der Waals surface area contributed by atoms with Crippen LogP contribution in [0.1, 0.15) is 53.0 Å². The predicted octanol–water partition coefficient (Wildman–Crippen LogP) is 3.72. The number of hydrogen-bond acceptors (Lipinski definition) is 12. The summed E-state index contributed by atoms with van der Waals surface area (Å²) in [7, 11) is 1.57. The molecule has 0 saturated heterocycles. The summed E-state index contributed by atoms with van der Waals surface area (Å²) in [6.45, 7) is 5.33. The molecule has 0 aliphatic heterocycles. The van der Waals surface area contributed by atoms with Gasteiger partial charge in [-0.25, -0.2) is 9.69 Å². The third-order valence-corrected chi connectivity index (χ3v) is 6.51. The van der Waals surface area contributed by atoms with Crippen molar-refractivity contribution in [3.05, 3.63) is 42.0 Å². The van der Waals surface area contributed by atoms with Crippen LogP contribution in [0.15, 0.2) is 36.4 Å². The average Bonchev–Trinajstić information content (AvgIpc) is 2.96. The Balaban J connectivity index is 1.86. The van der Waals surface area contributed by atoms with E-state index in [1.54, 1.807) is 7.11 Å². The highest BCUT2D eigenvalue weighted by Crippen LogP contribution is 2.26. The van der Waals surface area contributed by atoms with Crippen LogP contribution in [0, 0.1) is 5.41 Å². The molecule has 0 N–H and O–H groups in total. The Kier molecular flexibility index (Phi) is 13.6. The molecule has 240 valence electrons. The summed E-state index contributed by atoms with van der Waals surface area (Å²) in [6.07, 6.45) is -1.87. The van der Waals surface area contributed by atoms with E-state index in [0.717, 1.165) is 21.2 Å². The zero-order chi connectivity index (χ0) is 32.9. The second kappa shape index (κ2) is 16.8. The van der Waals surface area contributed by atoms with Crippen LogP contribution in [0.3, 0.4) is 0 Å². The van der Waals surface area contributed by atoms with Crippen LogP contribution in [0.5, 0.6) is 5.75 Å². The van der Waals surface area contributed by atoms with Crippen molar-refractivity contribution in [1.82, 2.24) is 4.90 Å². The first-order chi connectivity index (χ1) is 20.7. The maximum Gasteiger partial charge on any atom is 0.419 e. The molecular weight excluding hydrogens is 578 g/mol. The second-order valence-corrected chi connectivity index (χ2v) is 10.5. The van der Waals surface area contributed by atoms with Crippen LogP contribution >= 0.6 is 0 Å². The van der Waals surface area contributed by atoms with Gasteiger partial charge in [0, 0.05) is 33.7 Å². The topological polar surface area (TPSA) is 161 Å². The van der Waals surface area contributed by atoms with Gasteiger partial charge in [-0.05, 0) is 55.2 Å². The van der Waals surface area contributed by atoms with Crippen molar-refractivity contribution in [2.75, 3.05) is 33.7 Å². The largest absolute Gasteiger partial charge is 0.497 e. The molecular formula is C31H39NO12. The third kappa shape index (κ3) is 11.5. The molecule has 13 nitrogen and oxygen atoms in total. The van der Waals surface area contributed by atoms with Crippen molar-refractivity contribution < 1.29 is 57.2 Å². The van der Waals surface area contributed by atoms with E-state index in [1.807, 2.05) is 36.4 Å². The first-order valence-electron chi connectivity index (χ1n) is 13.9. The van der Waals surface area contributed by atoms with E-state index in [9.17, 15) is 28.8 Å². The Morgan fingerprint density at radius 2 is 1.52 bits per heavy atom. The normalized spacial score (nSPS) is 11.0. The summed E-state index contributed by atoms with van der Waals surface area (Å²) < 4.78 is 30.3. The Morgan fingerprint density at radius 1 is 0.864 bits per heavy atom. The number of esters is 4. The van der Waals surface area contributed by atoms with Crippen LogP contribution < -0.4 is 4.74 Å². The van der Waals surface area contributed by atoms with E-state index in [-0.39, 0.29) is 32.6 Å². The van der Waals surface area contributed by atoms with Gasteiger partial charge in [0.1, 0.15) is 19.0 Å². The number of ether oxygens (including phenoxy) is 6. The lowest BCUT2D eigenvalue weighted by Crippen LogP contribution is -2.38. The Hall–Kier alpha value is -4.68. The lowest BCUT2D eigenvalue weighted by atomic mass is 9.88. The molecule has 44 heavy (non-hydrogen) atoms. The van der Waals surface area contributed by atoms with Gasteiger partial charge in [0.2, 0.25) is 12.7 Å². The number of hydrogen-bond donors (Lipinski definition) is 0. The fourth-order valence-corrected chi connectivity index (χ4v) is 3.93. The molecule has 13 heteroatoms. The van der Waals surface area contributed by atoms with Gasteiger partial charge in [0.05, 0.1) is 12.5 Å². The minimum atomic E-state index is -1.17. The Labute approximate surface area is 255 Å². The summed E-state index contributed by atoms with van der Waals surface area (Å²) >= 11 is 0. The number of carbonyl (C=O) groups excluding carboxylic acids is 6. The molecule has 0 atom stereocenters. The van der Waals surface area contributed by atoms with Crippen LogP contribution in [0.2, 0.25) is 0 Å². The number of carbonyl (C=O) groups is 6. The molecule has 2 aromatic carbocycles. The van der Waals surface area contributed by atoms with Crippen LogP contribution in [-0.4, -0.2) is 80.5 Å². The van der Waals surface area contributed by atoms with Crippen molar-refractivity contribution in [3.8, 4) is 5.75 Å². The second-order valence-electron chi connectivity index (χ2n) is 10.5. The first kappa shape index (κ1) is 35.5. The first-order valence-corrected chi connectivity index (χ1v) is 13.9. The summed E-state index contributed by atoms with van der Waals surface area (Å²) in [5.41, 5.74) is -0.269. The van der Waals surface area contributed by atoms with Crippen LogP contribution in [-0.2, 0) is 54.1 Å². The maximum atomic E-state index is 12.7. The third-order valence-electron chi connectivity index (χ3n) is 6.51. The Bertz CT molecular complexity index is 1330. The standard InChI is InChI=1S/C31H39NO12/c1-20(33)32(15-13-24-9-7-8-23-10-11-25(39-6)16-27(23)24)30(38)43-19-42-28(36)12-14-31(4,5)29(37)44-26(17-40-21(2)34)18-41-22(3)35/h7-11,16,26H,12-15,17-19H2,1-6H3. The molecule has 2 rings (SSSR count). The van der Waals surface area contributed by atoms with Crippen molar-refractivity contribution in [3.63, 3.8) is 0 Å². The van der Waals surface area contributed by atoms with E-state index < -0.39 is 54.2 Å². The van der Waals surface area contributed by atoms with Gasteiger partial charge in [-0.2, -0.15) is 0 Å². The summed E-state index contributed by atoms with van der Waals surface area (Å²) in [4.78, 5) is 72.9. The molecule has 0 unspecified atom stereocenters.